The smallest absolute Gasteiger partial charge is 0.411 e. The van der Waals surface area contributed by atoms with E-state index in [-0.39, 0.29) is 31.4 Å². The van der Waals surface area contributed by atoms with Gasteiger partial charge in [-0.15, -0.1) is 0 Å². The maximum atomic E-state index is 12.1. The van der Waals surface area contributed by atoms with E-state index in [2.05, 4.69) is 5.10 Å². The fourth-order valence-corrected chi connectivity index (χ4v) is 2.29. The minimum atomic E-state index is -0.610. The number of amides is 1. The van der Waals surface area contributed by atoms with Gasteiger partial charge in [-0.2, -0.15) is 5.10 Å². The monoisotopic (exact) mass is 349 g/mol. The third-order valence-corrected chi connectivity index (χ3v) is 3.30. The second-order valence-corrected chi connectivity index (χ2v) is 6.71. The van der Waals surface area contributed by atoms with Crippen LogP contribution in [-0.2, 0) is 25.6 Å². The van der Waals surface area contributed by atoms with Crippen molar-refractivity contribution >= 4 is 23.9 Å². The first-order valence-electron chi connectivity index (χ1n) is 8.07. The molecule has 0 atom stereocenters. The zero-order valence-corrected chi connectivity index (χ0v) is 14.9. The minimum absolute atomic E-state index is 0.00227. The summed E-state index contributed by atoms with van der Waals surface area (Å²) in [6.45, 7) is 7.57. The Morgan fingerprint density at radius 1 is 1.32 bits per heavy atom. The second-order valence-electron chi connectivity index (χ2n) is 6.71. The molecule has 1 amide bonds. The van der Waals surface area contributed by atoms with Gasteiger partial charge in [-0.1, -0.05) is 0 Å². The van der Waals surface area contributed by atoms with Crippen molar-refractivity contribution in [2.45, 2.75) is 39.8 Å². The molecular weight excluding hydrogens is 326 g/mol. The molecule has 136 valence electrons. The molecule has 0 spiro atoms. The van der Waals surface area contributed by atoms with Gasteiger partial charge in [-0.05, 0) is 33.8 Å². The maximum Gasteiger partial charge on any atom is 0.411 e. The number of nitrogens with zero attached hydrogens (tertiary/aromatic N) is 3. The van der Waals surface area contributed by atoms with Gasteiger partial charge in [0, 0.05) is 17.3 Å². The van der Waals surface area contributed by atoms with Crippen molar-refractivity contribution in [2.24, 2.45) is 0 Å². The number of hydrogen-bond acceptors (Lipinski definition) is 6. The van der Waals surface area contributed by atoms with Gasteiger partial charge in [0.2, 0.25) is 0 Å². The first-order valence-corrected chi connectivity index (χ1v) is 8.07. The lowest BCUT2D eigenvalue weighted by Crippen LogP contribution is -2.35. The lowest BCUT2D eigenvalue weighted by atomic mass is 10.1. The summed E-state index contributed by atoms with van der Waals surface area (Å²) in [7, 11) is 0. The predicted molar refractivity (Wildman–Crippen MR) is 89.7 cm³/mol. The van der Waals surface area contributed by atoms with E-state index in [1.54, 1.807) is 46.2 Å². The van der Waals surface area contributed by atoms with Gasteiger partial charge in [-0.3, -0.25) is 19.2 Å². The predicted octanol–water partition coefficient (Wildman–Crippen LogP) is 1.65. The van der Waals surface area contributed by atoms with Crippen LogP contribution in [0.4, 0.5) is 4.79 Å². The molecule has 1 aromatic rings. The fraction of sp³-hybridized carbons (Fsp3) is 0.529. The molecule has 0 bridgehead atoms. The standard InChI is InChI=1S/C17H23N3O5/c1-5-24-15(22)11-20-8-12(7-18-20)6-13-9-19(10-14(13)21)16(23)25-17(2,3)4/h6-8H,5,9-11H2,1-4H3. The molecule has 25 heavy (non-hydrogen) atoms. The molecule has 1 saturated heterocycles. The van der Waals surface area contributed by atoms with Gasteiger partial charge < -0.3 is 9.47 Å². The van der Waals surface area contributed by atoms with E-state index in [9.17, 15) is 14.4 Å². The molecule has 0 saturated carbocycles. The van der Waals surface area contributed by atoms with Gasteiger partial charge in [-0.25, -0.2) is 4.79 Å². The van der Waals surface area contributed by atoms with E-state index in [1.807, 2.05) is 0 Å². The summed E-state index contributed by atoms with van der Waals surface area (Å²) in [4.78, 5) is 37.0. The third kappa shape index (κ3) is 5.44. The zero-order valence-electron chi connectivity index (χ0n) is 14.9. The molecule has 1 aliphatic rings. The molecule has 0 radical (unpaired) electrons. The largest absolute Gasteiger partial charge is 0.465 e. The van der Waals surface area contributed by atoms with Crippen LogP contribution in [0.25, 0.3) is 6.08 Å². The van der Waals surface area contributed by atoms with Crippen molar-refractivity contribution in [3.05, 3.63) is 23.5 Å². The van der Waals surface area contributed by atoms with Crippen LogP contribution in [0.3, 0.4) is 0 Å². The maximum absolute atomic E-state index is 12.1. The van der Waals surface area contributed by atoms with Crippen molar-refractivity contribution < 1.29 is 23.9 Å². The number of aromatic nitrogens is 2. The van der Waals surface area contributed by atoms with E-state index in [4.69, 9.17) is 9.47 Å². The van der Waals surface area contributed by atoms with Gasteiger partial charge in [0.05, 0.1) is 25.9 Å². The number of carbonyl (C=O) groups is 3. The Kier molecular flexibility index (Phi) is 5.61. The van der Waals surface area contributed by atoms with Crippen molar-refractivity contribution in [3.63, 3.8) is 0 Å². The van der Waals surface area contributed by atoms with E-state index in [0.717, 1.165) is 0 Å². The Labute approximate surface area is 146 Å². The highest BCUT2D eigenvalue weighted by Gasteiger charge is 2.31. The number of esters is 1. The zero-order chi connectivity index (χ0) is 18.6. The molecule has 0 aromatic carbocycles. The molecule has 0 unspecified atom stereocenters. The van der Waals surface area contributed by atoms with Gasteiger partial charge in [0.1, 0.15) is 12.1 Å². The average molecular weight is 349 g/mol. The van der Waals surface area contributed by atoms with Crippen LogP contribution in [0, 0.1) is 0 Å². The Balaban J connectivity index is 2.02. The molecule has 0 aliphatic carbocycles. The van der Waals surface area contributed by atoms with Crippen molar-refractivity contribution in [1.29, 1.82) is 0 Å². The first-order chi connectivity index (χ1) is 11.7. The molecule has 8 heteroatoms. The Bertz CT molecular complexity index is 699. The van der Waals surface area contributed by atoms with Gasteiger partial charge in [0.15, 0.2) is 5.78 Å². The number of ketones is 1. The molecule has 8 nitrogen and oxygen atoms in total. The lowest BCUT2D eigenvalue weighted by Gasteiger charge is -2.23. The summed E-state index contributed by atoms with van der Waals surface area (Å²) in [6.07, 6.45) is 4.35. The SMILES string of the molecule is CCOC(=O)Cn1cc(C=C2CN(C(=O)OC(C)(C)C)CC2=O)cn1. The van der Waals surface area contributed by atoms with Crippen LogP contribution in [0.5, 0.6) is 0 Å². The Hall–Kier alpha value is -2.64. The first kappa shape index (κ1) is 18.7. The normalized spacial score (nSPS) is 16.4. The highest BCUT2D eigenvalue weighted by Crippen LogP contribution is 2.18. The Morgan fingerprint density at radius 2 is 2.04 bits per heavy atom. The van der Waals surface area contributed by atoms with E-state index >= 15 is 0 Å². The molecular formula is C17H23N3O5. The minimum Gasteiger partial charge on any atom is -0.465 e. The van der Waals surface area contributed by atoms with E-state index in [0.29, 0.717) is 17.7 Å². The molecule has 0 N–H and O–H groups in total. The molecule has 2 rings (SSSR count). The number of rotatable bonds is 4. The second kappa shape index (κ2) is 7.50. The summed E-state index contributed by atoms with van der Waals surface area (Å²) in [5.41, 5.74) is 0.570. The number of hydrogen-bond donors (Lipinski definition) is 0. The van der Waals surface area contributed by atoms with Crippen LogP contribution in [0.15, 0.2) is 18.0 Å². The fourth-order valence-electron chi connectivity index (χ4n) is 2.29. The van der Waals surface area contributed by atoms with E-state index in [1.165, 1.54) is 9.58 Å². The number of ether oxygens (including phenoxy) is 2. The highest BCUT2D eigenvalue weighted by molar-refractivity contribution is 6.05. The molecule has 2 heterocycles. The third-order valence-electron chi connectivity index (χ3n) is 3.30. The summed E-state index contributed by atoms with van der Waals surface area (Å²) in [5.74, 6) is -0.512. The Morgan fingerprint density at radius 3 is 2.68 bits per heavy atom. The van der Waals surface area contributed by atoms with Crippen LogP contribution in [-0.4, -0.2) is 57.8 Å². The van der Waals surface area contributed by atoms with Crippen LogP contribution in [0.2, 0.25) is 0 Å². The summed E-state index contributed by atoms with van der Waals surface area (Å²) < 4.78 is 11.6. The topological polar surface area (TPSA) is 90.7 Å². The van der Waals surface area contributed by atoms with Crippen LogP contribution >= 0.6 is 0 Å². The lowest BCUT2D eigenvalue weighted by molar-refractivity contribution is -0.144. The average Bonchev–Trinajstić information content (AvgIpc) is 3.05. The summed E-state index contributed by atoms with van der Waals surface area (Å²) in [6, 6.07) is 0. The highest BCUT2D eigenvalue weighted by atomic mass is 16.6. The van der Waals surface area contributed by atoms with Gasteiger partial charge >= 0.3 is 12.1 Å². The number of likely N-dealkylation sites (tertiary alicyclic amines) is 1. The van der Waals surface area contributed by atoms with Crippen molar-refractivity contribution in [3.8, 4) is 0 Å². The number of Topliss-reactive ketones (excluding diaryl/α,β-unsaturated/α-hetero) is 1. The van der Waals surface area contributed by atoms with E-state index < -0.39 is 11.7 Å². The van der Waals surface area contributed by atoms with Crippen LogP contribution in [0.1, 0.15) is 33.3 Å². The molecule has 1 aliphatic heterocycles. The van der Waals surface area contributed by atoms with Crippen LogP contribution < -0.4 is 0 Å². The quantitative estimate of drug-likeness (QED) is 0.606. The van der Waals surface area contributed by atoms with Gasteiger partial charge in [0.25, 0.3) is 0 Å². The molecule has 1 fully saturated rings. The molecule has 1 aromatic heterocycles. The summed E-state index contributed by atoms with van der Waals surface area (Å²) >= 11 is 0. The van der Waals surface area contributed by atoms with Crippen molar-refractivity contribution in [2.75, 3.05) is 19.7 Å². The number of carbonyl (C=O) groups excluding carboxylic acids is 3. The van der Waals surface area contributed by atoms with Crippen molar-refractivity contribution in [1.82, 2.24) is 14.7 Å². The summed E-state index contributed by atoms with van der Waals surface area (Å²) in [5, 5.41) is 4.06.